The van der Waals surface area contributed by atoms with Gasteiger partial charge >= 0.3 is 5.97 Å². The van der Waals surface area contributed by atoms with Gasteiger partial charge in [0.2, 0.25) is 0 Å². The maximum atomic E-state index is 11.0. The van der Waals surface area contributed by atoms with E-state index in [1.165, 1.54) is 0 Å². The average Bonchev–Trinajstić information content (AvgIpc) is 2.72. The number of aryl methyl sites for hydroxylation is 1. The summed E-state index contributed by atoms with van der Waals surface area (Å²) in [7, 11) is 1.83. The molecule has 0 bridgehead atoms. The predicted molar refractivity (Wildman–Crippen MR) is 61.7 cm³/mol. The van der Waals surface area contributed by atoms with Gasteiger partial charge in [-0.05, 0) is 12.1 Å². The minimum absolute atomic E-state index is 0.245. The Balaban J connectivity index is 2.14. The number of nitrogens with zero attached hydrogens (tertiary/aromatic N) is 3. The average molecular weight is 232 g/mol. The number of hydrogen-bond acceptors (Lipinski definition) is 4. The Labute approximate surface area is 97.9 Å². The highest BCUT2D eigenvalue weighted by atomic mass is 16.4. The van der Waals surface area contributed by atoms with Crippen LogP contribution < -0.4 is 5.32 Å². The summed E-state index contributed by atoms with van der Waals surface area (Å²) >= 11 is 0. The van der Waals surface area contributed by atoms with E-state index < -0.39 is 5.97 Å². The minimum atomic E-state index is -0.953. The lowest BCUT2D eigenvalue weighted by Crippen LogP contribution is -2.09. The van der Waals surface area contributed by atoms with E-state index >= 15 is 0 Å². The van der Waals surface area contributed by atoms with Crippen molar-refractivity contribution in [1.82, 2.24) is 14.8 Å². The number of anilines is 1. The molecule has 0 saturated heterocycles. The zero-order valence-corrected chi connectivity index (χ0v) is 9.29. The molecule has 0 fully saturated rings. The van der Waals surface area contributed by atoms with Crippen molar-refractivity contribution in [2.24, 2.45) is 7.05 Å². The van der Waals surface area contributed by atoms with E-state index in [-0.39, 0.29) is 5.56 Å². The van der Waals surface area contributed by atoms with Crippen molar-refractivity contribution in [2.75, 3.05) is 5.32 Å². The predicted octanol–water partition coefficient (Wildman–Crippen LogP) is 1.13. The third-order valence-electron chi connectivity index (χ3n) is 2.40. The van der Waals surface area contributed by atoms with Gasteiger partial charge < -0.3 is 15.0 Å². The normalized spacial score (nSPS) is 10.2. The molecule has 0 amide bonds. The van der Waals surface area contributed by atoms with Crippen molar-refractivity contribution >= 4 is 11.7 Å². The van der Waals surface area contributed by atoms with Crippen LogP contribution in [0.25, 0.3) is 0 Å². The van der Waals surface area contributed by atoms with Crippen LogP contribution in [0.15, 0.2) is 30.6 Å². The van der Waals surface area contributed by atoms with Gasteiger partial charge in [-0.1, -0.05) is 12.1 Å². The number of carbonyl (C=O) groups is 1. The Bertz CT molecular complexity index is 536. The van der Waals surface area contributed by atoms with Crippen LogP contribution in [0.5, 0.6) is 0 Å². The van der Waals surface area contributed by atoms with E-state index in [2.05, 4.69) is 15.5 Å². The van der Waals surface area contributed by atoms with E-state index in [0.29, 0.717) is 12.2 Å². The molecule has 2 rings (SSSR count). The lowest BCUT2D eigenvalue weighted by atomic mass is 10.2. The van der Waals surface area contributed by atoms with Crippen LogP contribution in [0.2, 0.25) is 0 Å². The second-order valence-electron chi connectivity index (χ2n) is 3.56. The quantitative estimate of drug-likeness (QED) is 0.825. The van der Waals surface area contributed by atoms with Crippen molar-refractivity contribution in [3.8, 4) is 0 Å². The molecule has 17 heavy (non-hydrogen) atoms. The molecule has 1 heterocycles. The van der Waals surface area contributed by atoms with E-state index in [1.807, 2.05) is 7.05 Å². The maximum absolute atomic E-state index is 11.0. The van der Waals surface area contributed by atoms with Crippen LogP contribution in [0.1, 0.15) is 16.2 Å². The lowest BCUT2D eigenvalue weighted by Gasteiger charge is -2.08. The summed E-state index contributed by atoms with van der Waals surface area (Å²) in [5.41, 5.74) is 0.817. The zero-order chi connectivity index (χ0) is 12.3. The summed E-state index contributed by atoms with van der Waals surface area (Å²) in [5, 5.41) is 19.7. The fraction of sp³-hybridized carbons (Fsp3) is 0.182. The van der Waals surface area contributed by atoms with Crippen molar-refractivity contribution in [3.05, 3.63) is 42.0 Å². The summed E-state index contributed by atoms with van der Waals surface area (Å²) < 4.78 is 1.77. The monoisotopic (exact) mass is 232 g/mol. The van der Waals surface area contributed by atoms with Gasteiger partial charge in [0, 0.05) is 12.7 Å². The number of carboxylic acids is 1. The number of aromatic nitrogens is 3. The first kappa shape index (κ1) is 11.1. The second kappa shape index (κ2) is 4.65. The van der Waals surface area contributed by atoms with Gasteiger partial charge in [-0.15, -0.1) is 10.2 Å². The van der Waals surface area contributed by atoms with E-state index in [0.717, 1.165) is 5.82 Å². The maximum Gasteiger partial charge on any atom is 0.337 e. The molecule has 2 aromatic rings. The molecule has 0 saturated carbocycles. The highest BCUT2D eigenvalue weighted by Gasteiger charge is 2.09. The highest BCUT2D eigenvalue weighted by Crippen LogP contribution is 2.15. The zero-order valence-electron chi connectivity index (χ0n) is 9.29. The fourth-order valence-electron chi connectivity index (χ4n) is 1.47. The van der Waals surface area contributed by atoms with Gasteiger partial charge in [-0.3, -0.25) is 0 Å². The smallest absolute Gasteiger partial charge is 0.337 e. The molecule has 0 aliphatic carbocycles. The Morgan fingerprint density at radius 3 is 2.88 bits per heavy atom. The van der Waals surface area contributed by atoms with Crippen molar-refractivity contribution in [1.29, 1.82) is 0 Å². The van der Waals surface area contributed by atoms with Crippen molar-refractivity contribution in [2.45, 2.75) is 6.54 Å². The van der Waals surface area contributed by atoms with Gasteiger partial charge in [-0.2, -0.15) is 0 Å². The molecule has 1 aromatic carbocycles. The van der Waals surface area contributed by atoms with Crippen LogP contribution in [0.4, 0.5) is 5.69 Å². The SMILES string of the molecule is Cn1cnnc1CNc1ccccc1C(=O)O. The molecule has 0 aliphatic heterocycles. The first-order valence-electron chi connectivity index (χ1n) is 5.07. The molecule has 0 atom stereocenters. The van der Waals surface area contributed by atoms with Crippen LogP contribution in [0.3, 0.4) is 0 Å². The highest BCUT2D eigenvalue weighted by molar-refractivity contribution is 5.94. The molecule has 0 unspecified atom stereocenters. The Morgan fingerprint density at radius 1 is 1.47 bits per heavy atom. The summed E-state index contributed by atoms with van der Waals surface area (Å²) in [4.78, 5) is 11.0. The molecule has 0 spiro atoms. The Kier molecular flexibility index (Phi) is 3.04. The Hall–Kier alpha value is -2.37. The number of benzene rings is 1. The van der Waals surface area contributed by atoms with E-state index in [9.17, 15) is 4.79 Å². The number of rotatable bonds is 4. The number of para-hydroxylation sites is 1. The third kappa shape index (κ3) is 2.41. The summed E-state index contributed by atoms with van der Waals surface area (Å²) in [6.45, 7) is 0.431. The van der Waals surface area contributed by atoms with Crippen molar-refractivity contribution < 1.29 is 9.90 Å². The molecular weight excluding hydrogens is 220 g/mol. The first-order valence-corrected chi connectivity index (χ1v) is 5.07. The first-order chi connectivity index (χ1) is 8.18. The number of nitrogens with one attached hydrogen (secondary N) is 1. The van der Waals surface area contributed by atoms with Crippen molar-refractivity contribution in [3.63, 3.8) is 0 Å². The summed E-state index contributed by atoms with van der Waals surface area (Å²) in [6, 6.07) is 6.75. The molecule has 88 valence electrons. The van der Waals surface area contributed by atoms with Gasteiger partial charge in [0.25, 0.3) is 0 Å². The minimum Gasteiger partial charge on any atom is -0.478 e. The van der Waals surface area contributed by atoms with E-state index in [1.54, 1.807) is 35.2 Å². The van der Waals surface area contributed by atoms with Gasteiger partial charge in [0.15, 0.2) is 5.82 Å². The molecule has 6 nitrogen and oxygen atoms in total. The van der Waals surface area contributed by atoms with Crippen LogP contribution in [0, 0.1) is 0 Å². The van der Waals surface area contributed by atoms with Gasteiger partial charge in [0.1, 0.15) is 6.33 Å². The Morgan fingerprint density at radius 2 is 2.24 bits per heavy atom. The number of aromatic carboxylic acids is 1. The largest absolute Gasteiger partial charge is 0.478 e. The standard InChI is InChI=1S/C11H12N4O2/c1-15-7-13-14-10(15)6-12-9-5-3-2-4-8(9)11(16)17/h2-5,7,12H,6H2,1H3,(H,16,17). The van der Waals surface area contributed by atoms with Crippen LogP contribution in [-0.2, 0) is 13.6 Å². The summed E-state index contributed by atoms with van der Waals surface area (Å²) in [6.07, 6.45) is 1.60. The van der Waals surface area contributed by atoms with Gasteiger partial charge in [0.05, 0.1) is 12.1 Å². The molecule has 0 aliphatic rings. The molecular formula is C11H12N4O2. The van der Waals surface area contributed by atoms with Crippen LogP contribution in [-0.4, -0.2) is 25.8 Å². The third-order valence-corrected chi connectivity index (χ3v) is 2.40. The molecule has 6 heteroatoms. The fourth-order valence-corrected chi connectivity index (χ4v) is 1.47. The number of carboxylic acid groups (broad SMARTS) is 1. The van der Waals surface area contributed by atoms with Gasteiger partial charge in [-0.25, -0.2) is 4.79 Å². The number of hydrogen-bond donors (Lipinski definition) is 2. The second-order valence-corrected chi connectivity index (χ2v) is 3.56. The summed E-state index contributed by atoms with van der Waals surface area (Å²) in [5.74, 6) is -0.212. The van der Waals surface area contributed by atoms with Crippen LogP contribution >= 0.6 is 0 Å². The molecule has 2 N–H and O–H groups in total. The lowest BCUT2D eigenvalue weighted by molar-refractivity contribution is 0.0698. The molecule has 0 radical (unpaired) electrons. The molecule has 1 aromatic heterocycles. The topological polar surface area (TPSA) is 80.0 Å². The van der Waals surface area contributed by atoms with E-state index in [4.69, 9.17) is 5.11 Å².